The molecule has 0 N–H and O–H groups in total. The van der Waals surface area contributed by atoms with Gasteiger partial charge < -0.3 is 0 Å². The molecule has 0 fully saturated rings. The summed E-state index contributed by atoms with van der Waals surface area (Å²) in [5.74, 6) is 0. The second-order valence-electron chi connectivity index (χ2n) is 10.3. The normalized spacial score (nSPS) is 13.8. The summed E-state index contributed by atoms with van der Waals surface area (Å²) in [6, 6.07) is 51.4. The Balaban J connectivity index is 1.19. The smallest absolute Gasteiger partial charge is 0.0868 e. The Labute approximate surface area is 235 Å². The Bertz CT molecular complexity index is 2140. The Morgan fingerprint density at radius 3 is 1.80 bits per heavy atom. The molecular weight excluding hydrogens is 504 g/mol. The minimum absolute atomic E-state index is 0.900. The van der Waals surface area contributed by atoms with Crippen molar-refractivity contribution in [2.45, 2.75) is 9.79 Å². The van der Waals surface area contributed by atoms with E-state index in [1.165, 1.54) is 32.7 Å². The van der Waals surface area contributed by atoms with Crippen LogP contribution in [-0.2, 0) is 10.8 Å². The molecule has 0 amide bonds. The molecule has 40 heavy (non-hydrogen) atoms. The van der Waals surface area contributed by atoms with E-state index in [9.17, 15) is 4.21 Å². The summed E-state index contributed by atoms with van der Waals surface area (Å²) in [4.78, 5) is 1.82. The SMILES string of the molecule is O=S1c2ccccc2-c2cccc(-c3cccc(-c4cccc(-c5ccc6c(ccc7ccccc76)c5)c4)c3)c21. The molecule has 0 aliphatic carbocycles. The first-order valence-corrected chi connectivity index (χ1v) is 14.7. The molecule has 1 atom stereocenters. The second-order valence-corrected chi connectivity index (χ2v) is 11.7. The minimum atomic E-state index is -1.19. The van der Waals surface area contributed by atoms with Crippen LogP contribution in [0.15, 0.2) is 155 Å². The molecule has 1 aliphatic rings. The predicted octanol–water partition coefficient (Wildman–Crippen LogP) is 10.1. The van der Waals surface area contributed by atoms with E-state index in [1.54, 1.807) is 0 Å². The molecule has 2 heteroatoms. The van der Waals surface area contributed by atoms with Crippen LogP contribution in [0.25, 0.3) is 66.1 Å². The summed E-state index contributed by atoms with van der Waals surface area (Å²) in [5, 5.41) is 5.08. The van der Waals surface area contributed by atoms with Gasteiger partial charge in [-0.3, -0.25) is 0 Å². The zero-order chi connectivity index (χ0) is 26.6. The van der Waals surface area contributed by atoms with Crippen LogP contribution in [0.3, 0.4) is 0 Å². The van der Waals surface area contributed by atoms with Crippen LogP contribution in [0.1, 0.15) is 0 Å². The third kappa shape index (κ3) is 3.65. The first-order chi connectivity index (χ1) is 19.7. The Hall–Kier alpha value is -4.79. The topological polar surface area (TPSA) is 17.1 Å². The third-order valence-electron chi connectivity index (χ3n) is 8.03. The van der Waals surface area contributed by atoms with Gasteiger partial charge in [0, 0.05) is 5.56 Å². The van der Waals surface area contributed by atoms with Gasteiger partial charge in [-0.15, -0.1) is 0 Å². The highest BCUT2D eigenvalue weighted by molar-refractivity contribution is 7.86. The van der Waals surface area contributed by atoms with Crippen molar-refractivity contribution in [3.63, 3.8) is 0 Å². The van der Waals surface area contributed by atoms with Gasteiger partial charge in [0.2, 0.25) is 0 Å². The summed E-state index contributed by atoms with van der Waals surface area (Å²) in [7, 11) is -1.19. The van der Waals surface area contributed by atoms with Crippen LogP contribution in [-0.4, -0.2) is 4.21 Å². The quantitative estimate of drug-likeness (QED) is 0.209. The van der Waals surface area contributed by atoms with E-state index < -0.39 is 10.8 Å². The molecule has 0 spiro atoms. The molecule has 0 saturated carbocycles. The fourth-order valence-electron chi connectivity index (χ4n) is 6.07. The highest BCUT2D eigenvalue weighted by Crippen LogP contribution is 2.45. The van der Waals surface area contributed by atoms with Crippen molar-refractivity contribution in [2.75, 3.05) is 0 Å². The molecule has 8 rings (SSSR count). The Morgan fingerprint density at radius 2 is 0.950 bits per heavy atom. The van der Waals surface area contributed by atoms with Crippen molar-refractivity contribution >= 4 is 32.3 Å². The molecule has 0 aromatic heterocycles. The van der Waals surface area contributed by atoms with E-state index >= 15 is 0 Å². The van der Waals surface area contributed by atoms with Crippen molar-refractivity contribution in [3.05, 3.63) is 146 Å². The Morgan fingerprint density at radius 1 is 0.375 bits per heavy atom. The molecule has 188 valence electrons. The first kappa shape index (κ1) is 23.1. The van der Waals surface area contributed by atoms with Gasteiger partial charge in [0.1, 0.15) is 0 Å². The van der Waals surface area contributed by atoms with Crippen molar-refractivity contribution in [1.29, 1.82) is 0 Å². The summed E-state index contributed by atoms with van der Waals surface area (Å²) in [5.41, 5.74) is 8.96. The van der Waals surface area contributed by atoms with Gasteiger partial charge in [-0.25, -0.2) is 4.21 Å². The lowest BCUT2D eigenvalue weighted by atomic mass is 9.94. The summed E-state index contributed by atoms with van der Waals surface area (Å²) < 4.78 is 13.5. The van der Waals surface area contributed by atoms with Crippen LogP contribution in [0, 0.1) is 0 Å². The summed E-state index contributed by atoms with van der Waals surface area (Å²) >= 11 is 0. The number of hydrogen-bond acceptors (Lipinski definition) is 1. The van der Waals surface area contributed by atoms with Crippen molar-refractivity contribution in [1.82, 2.24) is 0 Å². The van der Waals surface area contributed by atoms with Gasteiger partial charge in [-0.1, -0.05) is 121 Å². The predicted molar refractivity (Wildman–Crippen MR) is 168 cm³/mol. The van der Waals surface area contributed by atoms with E-state index in [4.69, 9.17) is 0 Å². The average molecular weight is 529 g/mol. The standard InChI is InChI=1S/C38H24OS/c39-40-37-17-4-3-14-35(37)36-16-7-15-34(38(36)40)30-12-6-11-28(23-30)26-9-5-10-27(22-26)29-20-21-33-31(24-29)19-18-25-8-1-2-13-32(25)33/h1-24H. The van der Waals surface area contributed by atoms with Crippen LogP contribution in [0.5, 0.6) is 0 Å². The lowest BCUT2D eigenvalue weighted by Gasteiger charge is -2.12. The molecule has 7 aromatic rings. The number of benzene rings is 7. The van der Waals surface area contributed by atoms with Crippen molar-refractivity contribution in [3.8, 4) is 44.5 Å². The highest BCUT2D eigenvalue weighted by Gasteiger charge is 2.28. The molecular formula is C38H24OS. The summed E-state index contributed by atoms with van der Waals surface area (Å²) in [6.45, 7) is 0. The lowest BCUT2D eigenvalue weighted by Crippen LogP contribution is -1.91. The first-order valence-electron chi connectivity index (χ1n) is 13.5. The van der Waals surface area contributed by atoms with Gasteiger partial charge in [0.15, 0.2) is 0 Å². The number of rotatable bonds is 3. The molecule has 0 radical (unpaired) electrons. The maximum absolute atomic E-state index is 13.5. The van der Waals surface area contributed by atoms with Crippen LogP contribution in [0.2, 0.25) is 0 Å². The van der Waals surface area contributed by atoms with Crippen LogP contribution < -0.4 is 0 Å². The van der Waals surface area contributed by atoms with Crippen molar-refractivity contribution < 1.29 is 4.21 Å². The zero-order valence-electron chi connectivity index (χ0n) is 21.7. The van der Waals surface area contributed by atoms with Crippen LogP contribution in [0.4, 0.5) is 0 Å². The fraction of sp³-hybridized carbons (Fsp3) is 0. The molecule has 0 saturated heterocycles. The molecule has 0 bridgehead atoms. The van der Waals surface area contributed by atoms with E-state index in [-0.39, 0.29) is 0 Å². The Kier molecular flexibility index (Phi) is 5.29. The van der Waals surface area contributed by atoms with Gasteiger partial charge in [-0.05, 0) is 84.8 Å². The van der Waals surface area contributed by atoms with E-state index in [1.807, 2.05) is 18.2 Å². The molecule has 1 unspecified atom stereocenters. The minimum Gasteiger partial charge on any atom is -0.249 e. The van der Waals surface area contributed by atoms with Gasteiger partial charge in [0.25, 0.3) is 0 Å². The largest absolute Gasteiger partial charge is 0.249 e. The maximum Gasteiger partial charge on any atom is 0.0868 e. The molecule has 7 aromatic carbocycles. The van der Waals surface area contributed by atoms with Crippen molar-refractivity contribution in [2.24, 2.45) is 0 Å². The van der Waals surface area contributed by atoms with E-state index in [2.05, 4.69) is 127 Å². The molecule has 1 heterocycles. The molecule has 1 nitrogen and oxygen atoms in total. The van der Waals surface area contributed by atoms with Gasteiger partial charge >= 0.3 is 0 Å². The monoisotopic (exact) mass is 528 g/mol. The maximum atomic E-state index is 13.5. The lowest BCUT2D eigenvalue weighted by molar-refractivity contribution is 0.685. The third-order valence-corrected chi connectivity index (χ3v) is 9.59. The van der Waals surface area contributed by atoms with E-state index in [0.29, 0.717) is 0 Å². The highest BCUT2D eigenvalue weighted by atomic mass is 32.2. The number of fused-ring (bicyclic) bond motifs is 6. The average Bonchev–Trinajstić information content (AvgIpc) is 3.33. The van der Waals surface area contributed by atoms with E-state index in [0.717, 1.165) is 43.2 Å². The van der Waals surface area contributed by atoms with Gasteiger partial charge in [-0.2, -0.15) is 0 Å². The molecule has 1 aliphatic heterocycles. The summed E-state index contributed by atoms with van der Waals surface area (Å²) in [6.07, 6.45) is 0. The zero-order valence-corrected chi connectivity index (χ0v) is 22.5. The van der Waals surface area contributed by atoms with Gasteiger partial charge in [0.05, 0.1) is 20.6 Å². The number of hydrogen-bond donors (Lipinski definition) is 0. The van der Waals surface area contributed by atoms with Crippen LogP contribution >= 0.6 is 0 Å². The second kappa shape index (κ2) is 9.15. The fourth-order valence-corrected chi connectivity index (χ4v) is 7.64.